The average Bonchev–Trinajstić information content (AvgIpc) is 3.37. The van der Waals surface area contributed by atoms with Gasteiger partial charge in [-0.05, 0) is 29.9 Å². The summed E-state index contributed by atoms with van der Waals surface area (Å²) in [5.74, 6) is 1.09. The predicted octanol–water partition coefficient (Wildman–Crippen LogP) is 5.20. The molecule has 0 radical (unpaired) electrons. The molecule has 0 unspecified atom stereocenters. The number of amidine groups is 1. The van der Waals surface area contributed by atoms with Crippen LogP contribution >= 0.6 is 0 Å². The Kier molecular flexibility index (Phi) is 4.60. The van der Waals surface area contributed by atoms with Gasteiger partial charge in [-0.15, -0.1) is 0 Å². The van der Waals surface area contributed by atoms with Crippen molar-refractivity contribution in [1.82, 2.24) is 9.55 Å². The second-order valence-electron chi connectivity index (χ2n) is 7.57. The normalized spacial score (nSPS) is 14.2. The van der Waals surface area contributed by atoms with Crippen molar-refractivity contribution in [2.24, 2.45) is 4.99 Å². The van der Waals surface area contributed by atoms with Crippen LogP contribution in [0.15, 0.2) is 84.4 Å². The quantitative estimate of drug-likeness (QED) is 0.431. The molecular weight excluding hydrogens is 356 g/mol. The van der Waals surface area contributed by atoms with Gasteiger partial charge in [-0.25, -0.2) is 4.98 Å². The van der Waals surface area contributed by atoms with E-state index in [-0.39, 0.29) is 0 Å². The highest BCUT2D eigenvalue weighted by Crippen LogP contribution is 2.41. The van der Waals surface area contributed by atoms with Crippen LogP contribution in [0.1, 0.15) is 23.1 Å². The SMILES string of the molecule is Cc1ccc2cccc3c2c1N(Cc1ccccc1)/C3=N/CCCn1ccnc1. The van der Waals surface area contributed by atoms with Crippen molar-refractivity contribution >= 4 is 22.3 Å². The van der Waals surface area contributed by atoms with Gasteiger partial charge in [0.25, 0.3) is 0 Å². The maximum absolute atomic E-state index is 5.09. The Morgan fingerprint density at radius 2 is 1.86 bits per heavy atom. The summed E-state index contributed by atoms with van der Waals surface area (Å²) in [6.07, 6.45) is 6.68. The van der Waals surface area contributed by atoms with Crippen molar-refractivity contribution in [3.63, 3.8) is 0 Å². The van der Waals surface area contributed by atoms with Gasteiger partial charge >= 0.3 is 0 Å². The number of benzene rings is 3. The lowest BCUT2D eigenvalue weighted by Crippen LogP contribution is -2.28. The summed E-state index contributed by atoms with van der Waals surface area (Å²) < 4.78 is 2.11. The standard InChI is InChI=1S/C25H24N4/c1-19-11-12-21-9-5-10-22-23(21)24(19)29(17-20-7-3-2-4-8-20)25(22)27-13-6-15-28-16-14-26-18-28/h2-5,7-12,14,16,18H,6,13,15,17H2,1H3/b27-25+. The van der Waals surface area contributed by atoms with Gasteiger partial charge in [-0.2, -0.15) is 0 Å². The van der Waals surface area contributed by atoms with Crippen molar-refractivity contribution in [3.8, 4) is 0 Å². The molecule has 0 saturated heterocycles. The molecule has 0 saturated carbocycles. The first-order valence-corrected chi connectivity index (χ1v) is 10.2. The minimum absolute atomic E-state index is 0.794. The fourth-order valence-corrected chi connectivity index (χ4v) is 4.20. The molecule has 0 fully saturated rings. The summed E-state index contributed by atoms with van der Waals surface area (Å²) in [7, 11) is 0. The number of imidazole rings is 1. The summed E-state index contributed by atoms with van der Waals surface area (Å²) in [6, 6.07) is 21.7. The van der Waals surface area contributed by atoms with E-state index < -0.39 is 0 Å². The van der Waals surface area contributed by atoms with Gasteiger partial charge in [0.1, 0.15) is 5.84 Å². The molecule has 1 aromatic heterocycles. The smallest absolute Gasteiger partial charge is 0.136 e. The molecule has 0 N–H and O–H groups in total. The molecule has 144 valence electrons. The molecule has 0 spiro atoms. The Labute approximate surface area is 171 Å². The Bertz CT molecular complexity index is 1160. The van der Waals surface area contributed by atoms with Crippen molar-refractivity contribution in [1.29, 1.82) is 0 Å². The van der Waals surface area contributed by atoms with Gasteiger partial charge in [0.15, 0.2) is 0 Å². The second kappa shape index (κ2) is 7.55. The summed E-state index contributed by atoms with van der Waals surface area (Å²) in [6.45, 7) is 4.76. The maximum atomic E-state index is 5.09. The van der Waals surface area contributed by atoms with Crippen molar-refractivity contribution in [3.05, 3.63) is 96.1 Å². The highest BCUT2D eigenvalue weighted by Gasteiger charge is 2.29. The molecule has 0 atom stereocenters. The van der Waals surface area contributed by atoms with Gasteiger partial charge in [0, 0.05) is 43.0 Å². The van der Waals surface area contributed by atoms with Gasteiger partial charge in [0.2, 0.25) is 0 Å². The van der Waals surface area contributed by atoms with Crippen LogP contribution in [0.4, 0.5) is 5.69 Å². The van der Waals surface area contributed by atoms with Crippen molar-refractivity contribution in [2.75, 3.05) is 11.4 Å². The third-order valence-corrected chi connectivity index (χ3v) is 5.57. The summed E-state index contributed by atoms with van der Waals surface area (Å²) in [4.78, 5) is 11.6. The number of hydrogen-bond donors (Lipinski definition) is 0. The number of aryl methyl sites for hydroxylation is 2. The lowest BCUT2D eigenvalue weighted by Gasteiger charge is -2.23. The lowest BCUT2D eigenvalue weighted by molar-refractivity contribution is 0.650. The van der Waals surface area contributed by atoms with Gasteiger partial charge in [0.05, 0.1) is 12.0 Å². The molecule has 0 bridgehead atoms. The summed E-state index contributed by atoms with van der Waals surface area (Å²) in [5, 5.41) is 2.61. The van der Waals surface area contributed by atoms with E-state index in [1.54, 1.807) is 0 Å². The van der Waals surface area contributed by atoms with Gasteiger partial charge < -0.3 is 9.47 Å². The maximum Gasteiger partial charge on any atom is 0.136 e. The van der Waals surface area contributed by atoms with Crippen LogP contribution in [0.2, 0.25) is 0 Å². The number of aromatic nitrogens is 2. The lowest BCUT2D eigenvalue weighted by atomic mass is 10.0. The molecule has 4 heteroatoms. The molecular formula is C25H24N4. The van der Waals surface area contributed by atoms with Crippen LogP contribution < -0.4 is 4.90 Å². The van der Waals surface area contributed by atoms with Crippen LogP contribution in [-0.2, 0) is 13.1 Å². The Hall–Kier alpha value is -3.40. The molecule has 5 rings (SSSR count). The van der Waals surface area contributed by atoms with E-state index in [2.05, 4.69) is 82.0 Å². The zero-order valence-corrected chi connectivity index (χ0v) is 16.6. The molecule has 3 aromatic carbocycles. The first kappa shape index (κ1) is 17.7. The number of nitrogens with zero attached hydrogens (tertiary/aromatic N) is 4. The fraction of sp³-hybridized carbons (Fsp3) is 0.200. The second-order valence-corrected chi connectivity index (χ2v) is 7.57. The molecule has 0 amide bonds. The topological polar surface area (TPSA) is 33.4 Å². The van der Waals surface area contributed by atoms with Crippen LogP contribution in [0.25, 0.3) is 10.8 Å². The van der Waals surface area contributed by atoms with E-state index >= 15 is 0 Å². The molecule has 0 aliphatic carbocycles. The monoisotopic (exact) mass is 380 g/mol. The number of hydrogen-bond acceptors (Lipinski definition) is 2. The molecule has 1 aliphatic heterocycles. The Balaban J connectivity index is 1.51. The molecule has 1 aliphatic rings. The highest BCUT2D eigenvalue weighted by atomic mass is 15.2. The third kappa shape index (κ3) is 3.31. The minimum atomic E-state index is 0.794. The number of anilines is 1. The van der Waals surface area contributed by atoms with Crippen LogP contribution in [0.5, 0.6) is 0 Å². The van der Waals surface area contributed by atoms with E-state index in [0.717, 1.165) is 31.9 Å². The van der Waals surface area contributed by atoms with Crippen LogP contribution in [-0.4, -0.2) is 21.9 Å². The van der Waals surface area contributed by atoms with E-state index in [1.807, 2.05) is 18.7 Å². The van der Waals surface area contributed by atoms with E-state index in [9.17, 15) is 0 Å². The fourth-order valence-electron chi connectivity index (χ4n) is 4.20. The molecule has 4 aromatic rings. The summed E-state index contributed by atoms with van der Waals surface area (Å²) in [5.41, 5.74) is 5.14. The van der Waals surface area contributed by atoms with E-state index in [0.29, 0.717) is 0 Å². The zero-order valence-electron chi connectivity index (χ0n) is 16.6. The first-order chi connectivity index (χ1) is 14.3. The number of rotatable bonds is 6. The average molecular weight is 380 g/mol. The van der Waals surface area contributed by atoms with Gasteiger partial charge in [-0.3, -0.25) is 4.99 Å². The highest BCUT2D eigenvalue weighted by molar-refractivity contribution is 6.27. The minimum Gasteiger partial charge on any atom is -0.337 e. The van der Waals surface area contributed by atoms with Crippen LogP contribution in [0, 0.1) is 6.92 Å². The molecule has 4 nitrogen and oxygen atoms in total. The number of aliphatic imine (C=N–C) groups is 1. The van der Waals surface area contributed by atoms with E-state index in [1.165, 1.54) is 33.2 Å². The predicted molar refractivity (Wildman–Crippen MR) is 120 cm³/mol. The van der Waals surface area contributed by atoms with Crippen LogP contribution in [0.3, 0.4) is 0 Å². The van der Waals surface area contributed by atoms with E-state index in [4.69, 9.17) is 4.99 Å². The first-order valence-electron chi connectivity index (χ1n) is 10.2. The zero-order chi connectivity index (χ0) is 19.6. The Morgan fingerprint density at radius 1 is 0.966 bits per heavy atom. The Morgan fingerprint density at radius 3 is 2.69 bits per heavy atom. The summed E-state index contributed by atoms with van der Waals surface area (Å²) >= 11 is 0. The molecule has 29 heavy (non-hydrogen) atoms. The van der Waals surface area contributed by atoms with Crippen molar-refractivity contribution < 1.29 is 0 Å². The van der Waals surface area contributed by atoms with Crippen molar-refractivity contribution in [2.45, 2.75) is 26.4 Å². The van der Waals surface area contributed by atoms with Gasteiger partial charge in [-0.1, -0.05) is 60.7 Å². The third-order valence-electron chi connectivity index (χ3n) is 5.57. The largest absolute Gasteiger partial charge is 0.337 e. The molecule has 2 heterocycles.